The summed E-state index contributed by atoms with van der Waals surface area (Å²) in [5.74, 6) is 0. The van der Waals surface area contributed by atoms with Gasteiger partial charge in [0.15, 0.2) is 0 Å². The first kappa shape index (κ1) is 22.1. The molecule has 2 N–H and O–H groups in total. The first-order valence-electron chi connectivity index (χ1n) is 11.5. The van der Waals surface area contributed by atoms with E-state index in [9.17, 15) is 18.0 Å². The largest absolute Gasteiger partial charge is 0.416 e. The monoisotopic (exact) mass is 462 g/mol. The number of alkyl halides is 3. The highest BCUT2D eigenvalue weighted by Crippen LogP contribution is 2.43. The van der Waals surface area contributed by atoms with Crippen LogP contribution in [-0.4, -0.2) is 64.9 Å². The molecule has 1 aromatic heterocycles. The molecule has 0 saturated carbocycles. The maximum atomic E-state index is 13.8. The number of carbonyl (C=O) groups is 1. The summed E-state index contributed by atoms with van der Waals surface area (Å²) in [6.45, 7) is 4.68. The van der Waals surface area contributed by atoms with Crippen LogP contribution in [-0.2, 0) is 12.7 Å². The number of piperidine rings is 1. The second kappa shape index (κ2) is 8.23. The Labute approximate surface area is 190 Å². The highest BCUT2D eigenvalue weighted by atomic mass is 19.4. The Morgan fingerprint density at radius 2 is 1.79 bits per heavy atom. The molecule has 1 aromatic carbocycles. The molecular formula is C23H29F3N6O. The first-order valence-corrected chi connectivity index (χ1v) is 11.5. The summed E-state index contributed by atoms with van der Waals surface area (Å²) < 4.78 is 42.7. The molecule has 0 atom stereocenters. The molecule has 178 valence electrons. The van der Waals surface area contributed by atoms with E-state index in [1.807, 2.05) is 11.0 Å². The van der Waals surface area contributed by atoms with Gasteiger partial charge in [-0.05, 0) is 48.8 Å². The molecule has 5 rings (SSSR count). The van der Waals surface area contributed by atoms with Crippen LogP contribution in [0.1, 0.15) is 36.8 Å². The van der Waals surface area contributed by atoms with Gasteiger partial charge in [-0.25, -0.2) is 4.79 Å². The number of amides is 1. The quantitative estimate of drug-likeness (QED) is 0.754. The van der Waals surface area contributed by atoms with Crippen LogP contribution in [0, 0.1) is 5.41 Å². The Morgan fingerprint density at radius 1 is 1.09 bits per heavy atom. The Hall–Kier alpha value is -2.75. The normalized spacial score (nSPS) is 20.9. The van der Waals surface area contributed by atoms with E-state index < -0.39 is 11.7 Å². The number of benzene rings is 1. The van der Waals surface area contributed by atoms with Crippen LogP contribution < -0.4 is 10.6 Å². The minimum Gasteiger partial charge on any atom is -0.396 e. The fourth-order valence-corrected chi connectivity index (χ4v) is 5.47. The van der Waals surface area contributed by atoms with E-state index in [0.717, 1.165) is 51.9 Å². The van der Waals surface area contributed by atoms with E-state index >= 15 is 0 Å². The summed E-state index contributed by atoms with van der Waals surface area (Å²) in [6.07, 6.45) is 2.31. The summed E-state index contributed by atoms with van der Waals surface area (Å²) in [5.41, 5.74) is 6.65. The van der Waals surface area contributed by atoms with Crippen molar-refractivity contribution in [2.45, 2.75) is 38.4 Å². The minimum atomic E-state index is -4.37. The SMILES string of the molecule is Nc1cnn(C(=O)N2CCC3(CC2)CN(Cc2ccc(N4CCCC4)cc2C(F)(F)F)C3)c1. The second-order valence-electron chi connectivity index (χ2n) is 9.67. The molecule has 0 bridgehead atoms. The van der Waals surface area contributed by atoms with E-state index in [-0.39, 0.29) is 11.4 Å². The lowest BCUT2D eigenvalue weighted by atomic mass is 9.72. The Kier molecular flexibility index (Phi) is 5.50. The Morgan fingerprint density at radius 3 is 2.39 bits per heavy atom. The highest BCUT2D eigenvalue weighted by Gasteiger charge is 2.46. The van der Waals surface area contributed by atoms with Crippen LogP contribution in [0.2, 0.25) is 0 Å². The minimum absolute atomic E-state index is 0.0772. The van der Waals surface area contributed by atoms with Crippen molar-refractivity contribution < 1.29 is 18.0 Å². The number of nitrogens with zero attached hydrogens (tertiary/aromatic N) is 5. The molecule has 0 aliphatic carbocycles. The number of carbonyl (C=O) groups excluding carboxylic acids is 1. The summed E-state index contributed by atoms with van der Waals surface area (Å²) in [5, 5.41) is 3.98. The van der Waals surface area contributed by atoms with Gasteiger partial charge in [0.05, 0.1) is 23.6 Å². The molecule has 7 nitrogen and oxygen atoms in total. The lowest BCUT2D eigenvalue weighted by Crippen LogP contribution is -2.60. The van der Waals surface area contributed by atoms with Gasteiger partial charge in [-0.2, -0.15) is 23.0 Å². The molecule has 3 aliphatic heterocycles. The van der Waals surface area contributed by atoms with E-state index in [4.69, 9.17) is 5.73 Å². The summed E-state index contributed by atoms with van der Waals surface area (Å²) in [4.78, 5) is 18.4. The van der Waals surface area contributed by atoms with Crippen molar-refractivity contribution in [2.24, 2.45) is 5.41 Å². The average molecular weight is 463 g/mol. The molecule has 0 unspecified atom stereocenters. The first-order chi connectivity index (χ1) is 15.7. The maximum absolute atomic E-state index is 13.8. The number of rotatable bonds is 3. The predicted molar refractivity (Wildman–Crippen MR) is 119 cm³/mol. The third-order valence-electron chi connectivity index (χ3n) is 7.28. The molecule has 4 heterocycles. The van der Waals surface area contributed by atoms with Crippen molar-refractivity contribution >= 4 is 17.4 Å². The molecule has 0 radical (unpaired) electrons. The molecule has 3 fully saturated rings. The Bertz CT molecular complexity index is 1010. The van der Waals surface area contributed by atoms with E-state index in [1.165, 1.54) is 23.1 Å². The van der Waals surface area contributed by atoms with Crippen LogP contribution in [0.15, 0.2) is 30.6 Å². The van der Waals surface area contributed by atoms with Gasteiger partial charge < -0.3 is 15.5 Å². The zero-order valence-corrected chi connectivity index (χ0v) is 18.5. The van der Waals surface area contributed by atoms with E-state index in [2.05, 4.69) is 10.00 Å². The molecule has 1 spiro atoms. The summed E-state index contributed by atoms with van der Waals surface area (Å²) in [7, 11) is 0. The number of nitrogen functional groups attached to an aromatic ring is 1. The zero-order valence-electron chi connectivity index (χ0n) is 18.5. The molecule has 2 aromatic rings. The topological polar surface area (TPSA) is 70.6 Å². The van der Waals surface area contributed by atoms with Crippen molar-refractivity contribution in [2.75, 3.05) is 49.9 Å². The number of likely N-dealkylation sites (tertiary alicyclic amines) is 2. The molecule has 3 saturated heterocycles. The van der Waals surface area contributed by atoms with Gasteiger partial charge in [0, 0.05) is 51.5 Å². The highest BCUT2D eigenvalue weighted by molar-refractivity contribution is 5.76. The van der Waals surface area contributed by atoms with Crippen LogP contribution in [0.4, 0.5) is 29.3 Å². The van der Waals surface area contributed by atoms with Crippen LogP contribution >= 0.6 is 0 Å². The van der Waals surface area contributed by atoms with Crippen LogP contribution in [0.3, 0.4) is 0 Å². The van der Waals surface area contributed by atoms with Gasteiger partial charge in [0.2, 0.25) is 0 Å². The van der Waals surface area contributed by atoms with Crippen LogP contribution in [0.5, 0.6) is 0 Å². The predicted octanol–water partition coefficient (Wildman–Crippen LogP) is 3.65. The van der Waals surface area contributed by atoms with E-state index in [1.54, 1.807) is 11.0 Å². The average Bonchev–Trinajstić information content (AvgIpc) is 3.44. The number of hydrogen-bond acceptors (Lipinski definition) is 5. The maximum Gasteiger partial charge on any atom is 0.416 e. The molecule has 3 aliphatic rings. The Balaban J connectivity index is 1.19. The van der Waals surface area contributed by atoms with Crippen LogP contribution in [0.25, 0.3) is 0 Å². The van der Waals surface area contributed by atoms with Gasteiger partial charge in [0.25, 0.3) is 0 Å². The number of halogens is 3. The number of hydrogen-bond donors (Lipinski definition) is 1. The van der Waals surface area contributed by atoms with Gasteiger partial charge >= 0.3 is 12.2 Å². The second-order valence-corrected chi connectivity index (χ2v) is 9.67. The molecular weight excluding hydrogens is 433 g/mol. The van der Waals surface area contributed by atoms with Gasteiger partial charge in [-0.1, -0.05) is 6.07 Å². The van der Waals surface area contributed by atoms with Gasteiger partial charge in [-0.3, -0.25) is 4.90 Å². The van der Waals surface area contributed by atoms with Crippen molar-refractivity contribution in [3.8, 4) is 0 Å². The fourth-order valence-electron chi connectivity index (χ4n) is 5.47. The zero-order chi connectivity index (χ0) is 23.2. The fraction of sp³-hybridized carbons (Fsp3) is 0.565. The number of anilines is 2. The summed E-state index contributed by atoms with van der Waals surface area (Å²) in [6, 6.07) is 4.61. The van der Waals surface area contributed by atoms with Crippen molar-refractivity contribution in [1.82, 2.24) is 19.6 Å². The van der Waals surface area contributed by atoms with E-state index in [0.29, 0.717) is 36.6 Å². The van der Waals surface area contributed by atoms with Crippen molar-refractivity contribution in [1.29, 1.82) is 0 Å². The third-order valence-corrected chi connectivity index (χ3v) is 7.28. The third kappa shape index (κ3) is 4.40. The standard InChI is InChI=1S/C23H29F3N6O/c24-23(25,26)20-11-19(30-7-1-2-8-30)4-3-17(20)13-29-15-22(16-29)5-9-31(10-6-22)21(33)32-14-18(27)12-28-32/h3-4,11-12,14H,1-2,5-10,13,15-16,27H2. The molecule has 10 heteroatoms. The number of aromatic nitrogens is 2. The number of nitrogens with two attached hydrogens (primary N) is 1. The lowest BCUT2D eigenvalue weighted by molar-refractivity contribution is -0.138. The smallest absolute Gasteiger partial charge is 0.396 e. The molecule has 1 amide bonds. The van der Waals surface area contributed by atoms with Gasteiger partial charge in [0.1, 0.15) is 0 Å². The van der Waals surface area contributed by atoms with Crippen molar-refractivity contribution in [3.63, 3.8) is 0 Å². The van der Waals surface area contributed by atoms with Gasteiger partial charge in [-0.15, -0.1) is 0 Å². The lowest BCUT2D eigenvalue weighted by Gasteiger charge is -2.54. The van der Waals surface area contributed by atoms with Crippen molar-refractivity contribution in [3.05, 3.63) is 41.7 Å². The summed E-state index contributed by atoms with van der Waals surface area (Å²) >= 11 is 0. The molecule has 33 heavy (non-hydrogen) atoms.